The summed E-state index contributed by atoms with van der Waals surface area (Å²) in [7, 11) is 0. The number of rotatable bonds is 4. The Labute approximate surface area is 142 Å². The summed E-state index contributed by atoms with van der Waals surface area (Å²) in [6.45, 7) is 4.70. The minimum absolute atomic E-state index is 0.0269. The van der Waals surface area contributed by atoms with Crippen LogP contribution in [0.25, 0.3) is 0 Å². The Hall–Kier alpha value is -2.30. The van der Waals surface area contributed by atoms with Crippen LogP contribution in [0.15, 0.2) is 4.99 Å². The number of carbonyl (C=O) groups excluding carboxylic acids is 2. The molecule has 2 saturated heterocycles. The van der Waals surface area contributed by atoms with Gasteiger partial charge in [-0.15, -0.1) is 0 Å². The molecule has 2 aliphatic rings. The standard InChI is InChI=1S/C16H26N6O2/c1-2-18-16(19-12-17)20-13-7-3-4-10-22(15(13)24)11-14(23)21-8-5-6-9-21/h13H,2-11H2,1H3,(H2,18,19,20). The first-order valence-electron chi connectivity index (χ1n) is 8.68. The van der Waals surface area contributed by atoms with E-state index in [2.05, 4.69) is 15.6 Å². The van der Waals surface area contributed by atoms with E-state index in [0.717, 1.165) is 38.8 Å². The Morgan fingerprint density at radius 1 is 1.29 bits per heavy atom. The first-order chi connectivity index (χ1) is 11.7. The maximum absolute atomic E-state index is 12.8. The second-order valence-corrected chi connectivity index (χ2v) is 6.10. The molecule has 1 unspecified atom stereocenters. The van der Waals surface area contributed by atoms with Gasteiger partial charge in [0.1, 0.15) is 6.04 Å². The van der Waals surface area contributed by atoms with Gasteiger partial charge >= 0.3 is 0 Å². The predicted octanol–water partition coefficient (Wildman–Crippen LogP) is 0.0261. The van der Waals surface area contributed by atoms with Gasteiger partial charge in [0, 0.05) is 26.2 Å². The van der Waals surface area contributed by atoms with Crippen LogP contribution in [0.2, 0.25) is 0 Å². The van der Waals surface area contributed by atoms with E-state index in [-0.39, 0.29) is 18.4 Å². The quantitative estimate of drug-likeness (QED) is 0.327. The molecule has 0 aromatic heterocycles. The largest absolute Gasteiger partial charge is 0.344 e. The van der Waals surface area contributed by atoms with E-state index in [1.54, 1.807) is 4.90 Å². The van der Waals surface area contributed by atoms with Crippen LogP contribution in [-0.2, 0) is 9.59 Å². The van der Waals surface area contributed by atoms with Gasteiger partial charge in [0.2, 0.25) is 17.8 Å². The highest BCUT2D eigenvalue weighted by atomic mass is 16.2. The molecule has 8 nitrogen and oxygen atoms in total. The third kappa shape index (κ3) is 4.85. The van der Waals surface area contributed by atoms with Gasteiger partial charge in [-0.2, -0.15) is 5.26 Å². The molecule has 0 aromatic carbocycles. The summed E-state index contributed by atoms with van der Waals surface area (Å²) in [6, 6.07) is -0.454. The number of aliphatic imine (C=N–C) groups is 1. The van der Waals surface area contributed by atoms with Crippen LogP contribution >= 0.6 is 0 Å². The summed E-state index contributed by atoms with van der Waals surface area (Å²) in [6.07, 6.45) is 6.35. The SMILES string of the molecule is CCN=C(NC#N)NC1CCCCN(CC(=O)N2CCCC2)C1=O. The molecule has 1 atom stereocenters. The van der Waals surface area contributed by atoms with Crippen LogP contribution in [0.4, 0.5) is 0 Å². The lowest BCUT2D eigenvalue weighted by molar-refractivity contribution is -0.140. The normalized spacial score (nSPS) is 22.1. The van der Waals surface area contributed by atoms with Crippen LogP contribution in [-0.4, -0.2) is 66.3 Å². The van der Waals surface area contributed by atoms with Gasteiger partial charge in [0.05, 0.1) is 6.54 Å². The number of nitrogens with zero attached hydrogens (tertiary/aromatic N) is 4. The summed E-state index contributed by atoms with van der Waals surface area (Å²) < 4.78 is 0. The second kappa shape index (κ2) is 9.11. The summed E-state index contributed by atoms with van der Waals surface area (Å²) in [4.78, 5) is 32.7. The molecule has 2 fully saturated rings. The third-order valence-electron chi connectivity index (χ3n) is 4.37. The van der Waals surface area contributed by atoms with Gasteiger partial charge in [-0.05, 0) is 39.0 Å². The topological polar surface area (TPSA) is 101 Å². The van der Waals surface area contributed by atoms with Gasteiger partial charge in [0.15, 0.2) is 6.19 Å². The van der Waals surface area contributed by atoms with Crippen LogP contribution in [0.1, 0.15) is 39.0 Å². The van der Waals surface area contributed by atoms with Crippen LogP contribution < -0.4 is 10.6 Å². The van der Waals surface area contributed by atoms with Gasteiger partial charge in [-0.25, -0.2) is 0 Å². The van der Waals surface area contributed by atoms with Crippen molar-refractivity contribution in [2.75, 3.05) is 32.7 Å². The van der Waals surface area contributed by atoms with E-state index < -0.39 is 6.04 Å². The van der Waals surface area contributed by atoms with Gasteiger partial charge in [-0.1, -0.05) is 0 Å². The van der Waals surface area contributed by atoms with Gasteiger partial charge < -0.3 is 15.1 Å². The molecule has 2 N–H and O–H groups in total. The molecule has 0 spiro atoms. The Morgan fingerprint density at radius 3 is 2.67 bits per heavy atom. The van der Waals surface area contributed by atoms with Crippen LogP contribution in [0, 0.1) is 11.5 Å². The number of carbonyl (C=O) groups is 2. The Balaban J connectivity index is 1.99. The lowest BCUT2D eigenvalue weighted by atomic mass is 10.1. The Kier molecular flexibility index (Phi) is 6.85. The predicted molar refractivity (Wildman–Crippen MR) is 89.9 cm³/mol. The highest BCUT2D eigenvalue weighted by Crippen LogP contribution is 2.14. The van der Waals surface area contributed by atoms with E-state index >= 15 is 0 Å². The molecule has 0 bridgehead atoms. The number of hydrogen-bond donors (Lipinski definition) is 2. The summed E-state index contributed by atoms with van der Waals surface area (Å²) in [5.74, 6) is 0.244. The molecule has 132 valence electrons. The van der Waals surface area contributed by atoms with Gasteiger partial charge in [0.25, 0.3) is 0 Å². The van der Waals surface area contributed by atoms with E-state index in [1.807, 2.05) is 18.0 Å². The zero-order chi connectivity index (χ0) is 17.4. The highest BCUT2D eigenvalue weighted by Gasteiger charge is 2.30. The smallest absolute Gasteiger partial charge is 0.245 e. The van der Waals surface area contributed by atoms with Crippen molar-refractivity contribution >= 4 is 17.8 Å². The third-order valence-corrected chi connectivity index (χ3v) is 4.37. The van der Waals surface area contributed by atoms with Crippen LogP contribution in [0.3, 0.4) is 0 Å². The van der Waals surface area contributed by atoms with Gasteiger partial charge in [-0.3, -0.25) is 19.9 Å². The molecule has 0 aromatic rings. The molecule has 8 heteroatoms. The van der Waals surface area contributed by atoms with E-state index in [9.17, 15) is 9.59 Å². The number of nitrogens with one attached hydrogen (secondary N) is 2. The Bertz CT molecular complexity index is 521. The lowest BCUT2D eigenvalue weighted by Gasteiger charge is -2.27. The molecule has 0 aliphatic carbocycles. The zero-order valence-electron chi connectivity index (χ0n) is 14.3. The number of nitriles is 1. The summed E-state index contributed by atoms with van der Waals surface area (Å²) in [5.41, 5.74) is 0. The van der Waals surface area contributed by atoms with E-state index in [0.29, 0.717) is 25.5 Å². The van der Waals surface area contributed by atoms with Crippen molar-refractivity contribution in [2.45, 2.75) is 45.1 Å². The van der Waals surface area contributed by atoms with Crippen LogP contribution in [0.5, 0.6) is 0 Å². The minimum Gasteiger partial charge on any atom is -0.344 e. The summed E-state index contributed by atoms with van der Waals surface area (Å²) >= 11 is 0. The highest BCUT2D eigenvalue weighted by molar-refractivity contribution is 5.92. The molecular formula is C16H26N6O2. The maximum atomic E-state index is 12.8. The second-order valence-electron chi connectivity index (χ2n) is 6.10. The number of amides is 2. The molecule has 2 amide bonds. The average molecular weight is 334 g/mol. The van der Waals surface area contributed by atoms with Crippen molar-refractivity contribution in [2.24, 2.45) is 4.99 Å². The first-order valence-corrected chi connectivity index (χ1v) is 8.68. The number of likely N-dealkylation sites (tertiary alicyclic amines) is 2. The average Bonchev–Trinajstić information content (AvgIpc) is 3.05. The van der Waals surface area contributed by atoms with E-state index in [1.165, 1.54) is 0 Å². The van der Waals surface area contributed by atoms with Crippen molar-refractivity contribution in [3.05, 3.63) is 0 Å². The number of hydrogen-bond acceptors (Lipinski definition) is 4. The molecule has 2 aliphatic heterocycles. The lowest BCUT2D eigenvalue weighted by Crippen LogP contribution is -2.52. The van der Waals surface area contributed by atoms with Crippen molar-refractivity contribution in [3.63, 3.8) is 0 Å². The van der Waals surface area contributed by atoms with Crippen molar-refractivity contribution in [1.82, 2.24) is 20.4 Å². The van der Waals surface area contributed by atoms with Crippen molar-refractivity contribution in [1.29, 1.82) is 5.26 Å². The monoisotopic (exact) mass is 334 g/mol. The molecule has 2 rings (SSSR count). The van der Waals surface area contributed by atoms with E-state index in [4.69, 9.17) is 5.26 Å². The zero-order valence-corrected chi connectivity index (χ0v) is 14.3. The van der Waals surface area contributed by atoms with Crippen molar-refractivity contribution in [3.8, 4) is 6.19 Å². The van der Waals surface area contributed by atoms with Crippen molar-refractivity contribution < 1.29 is 9.59 Å². The fourth-order valence-corrected chi connectivity index (χ4v) is 3.12. The molecular weight excluding hydrogens is 308 g/mol. The first kappa shape index (κ1) is 18.0. The molecule has 0 radical (unpaired) electrons. The number of guanidine groups is 1. The maximum Gasteiger partial charge on any atom is 0.245 e. The molecule has 0 saturated carbocycles. The molecule has 2 heterocycles. The fourth-order valence-electron chi connectivity index (χ4n) is 3.12. The minimum atomic E-state index is -0.454. The molecule has 24 heavy (non-hydrogen) atoms. The summed E-state index contributed by atoms with van der Waals surface area (Å²) in [5, 5.41) is 14.3. The fraction of sp³-hybridized carbons (Fsp3) is 0.750. The Morgan fingerprint density at radius 2 is 2.00 bits per heavy atom.